The van der Waals surface area contributed by atoms with Crippen LogP contribution in [-0.2, 0) is 6.54 Å². The van der Waals surface area contributed by atoms with Gasteiger partial charge in [0.15, 0.2) is 0 Å². The Morgan fingerprint density at radius 2 is 1.38 bits per heavy atom. The molecule has 130 valence electrons. The van der Waals surface area contributed by atoms with E-state index in [4.69, 9.17) is 0 Å². The average molecular weight is 346 g/mol. The Bertz CT molecular complexity index is 865. The van der Waals surface area contributed by atoms with Gasteiger partial charge in [0.25, 0.3) is 5.91 Å². The molecule has 3 N–H and O–H groups in total. The van der Waals surface area contributed by atoms with Crippen molar-refractivity contribution in [1.29, 1.82) is 0 Å². The standard InChI is InChI=1S/C20H18N4O2/c25-19(22-14-15-10-12-21-13-11-15)16-6-8-18(9-7-16)24-20(26)23-17-4-2-1-3-5-17/h1-13H,14H2,(H,22,25)(H2,23,24,26). The molecule has 0 aliphatic carbocycles. The molecule has 0 saturated heterocycles. The second-order valence-corrected chi connectivity index (χ2v) is 5.56. The molecule has 0 radical (unpaired) electrons. The summed E-state index contributed by atoms with van der Waals surface area (Å²) in [6, 6.07) is 19.2. The molecule has 3 amide bonds. The number of anilines is 2. The van der Waals surface area contributed by atoms with Crippen LogP contribution in [0.1, 0.15) is 15.9 Å². The van der Waals surface area contributed by atoms with Gasteiger partial charge in [-0.3, -0.25) is 9.78 Å². The Morgan fingerprint density at radius 3 is 2.04 bits per heavy atom. The molecule has 0 atom stereocenters. The van der Waals surface area contributed by atoms with Gasteiger partial charge in [0.05, 0.1) is 0 Å². The smallest absolute Gasteiger partial charge is 0.323 e. The minimum Gasteiger partial charge on any atom is -0.348 e. The SMILES string of the molecule is O=C(Nc1ccccc1)Nc1ccc(C(=O)NCc2ccncc2)cc1. The Hall–Kier alpha value is -3.67. The third-order valence-electron chi connectivity index (χ3n) is 3.64. The van der Waals surface area contributed by atoms with Crippen LogP contribution in [0, 0.1) is 0 Å². The fourth-order valence-electron chi connectivity index (χ4n) is 2.30. The Labute approximate surface area is 151 Å². The zero-order chi connectivity index (χ0) is 18.2. The first-order valence-electron chi connectivity index (χ1n) is 8.11. The molecule has 1 aromatic heterocycles. The summed E-state index contributed by atoms with van der Waals surface area (Å²) < 4.78 is 0. The average Bonchev–Trinajstić information content (AvgIpc) is 2.68. The van der Waals surface area contributed by atoms with Gasteiger partial charge in [-0.1, -0.05) is 18.2 Å². The lowest BCUT2D eigenvalue weighted by Gasteiger charge is -2.09. The molecule has 3 rings (SSSR count). The van der Waals surface area contributed by atoms with Crippen molar-refractivity contribution in [3.8, 4) is 0 Å². The van der Waals surface area contributed by atoms with E-state index >= 15 is 0 Å². The van der Waals surface area contributed by atoms with Gasteiger partial charge >= 0.3 is 6.03 Å². The molecule has 0 fully saturated rings. The van der Waals surface area contributed by atoms with Crippen molar-refractivity contribution in [2.24, 2.45) is 0 Å². The van der Waals surface area contributed by atoms with Crippen LogP contribution in [0.25, 0.3) is 0 Å². The van der Waals surface area contributed by atoms with E-state index in [0.29, 0.717) is 23.5 Å². The zero-order valence-corrected chi connectivity index (χ0v) is 14.0. The number of hydrogen-bond donors (Lipinski definition) is 3. The van der Waals surface area contributed by atoms with Gasteiger partial charge < -0.3 is 16.0 Å². The number of nitrogens with zero attached hydrogens (tertiary/aromatic N) is 1. The van der Waals surface area contributed by atoms with Crippen LogP contribution in [-0.4, -0.2) is 16.9 Å². The Kier molecular flexibility index (Phi) is 5.57. The van der Waals surface area contributed by atoms with Crippen molar-refractivity contribution >= 4 is 23.3 Å². The van der Waals surface area contributed by atoms with Crippen LogP contribution in [0.3, 0.4) is 0 Å². The number of benzene rings is 2. The largest absolute Gasteiger partial charge is 0.348 e. The highest BCUT2D eigenvalue weighted by molar-refractivity contribution is 6.00. The minimum atomic E-state index is -0.342. The van der Waals surface area contributed by atoms with E-state index in [1.165, 1.54) is 0 Å². The molecule has 3 aromatic rings. The number of aromatic nitrogens is 1. The van der Waals surface area contributed by atoms with Crippen molar-refractivity contribution in [2.75, 3.05) is 10.6 Å². The number of carbonyl (C=O) groups is 2. The van der Waals surface area contributed by atoms with Crippen LogP contribution >= 0.6 is 0 Å². The summed E-state index contributed by atoms with van der Waals surface area (Å²) >= 11 is 0. The highest BCUT2D eigenvalue weighted by Gasteiger charge is 2.07. The van der Waals surface area contributed by atoms with Gasteiger partial charge in [-0.15, -0.1) is 0 Å². The van der Waals surface area contributed by atoms with Gasteiger partial charge in [0.2, 0.25) is 0 Å². The third-order valence-corrected chi connectivity index (χ3v) is 3.64. The molecule has 0 aliphatic heterocycles. The maximum absolute atomic E-state index is 12.2. The number of rotatable bonds is 5. The van der Waals surface area contributed by atoms with Crippen molar-refractivity contribution in [3.05, 3.63) is 90.3 Å². The predicted molar refractivity (Wildman–Crippen MR) is 101 cm³/mol. The molecule has 26 heavy (non-hydrogen) atoms. The molecule has 2 aromatic carbocycles. The molecule has 0 saturated carbocycles. The lowest BCUT2D eigenvalue weighted by atomic mass is 10.2. The topological polar surface area (TPSA) is 83.1 Å². The normalized spacial score (nSPS) is 10.0. The summed E-state index contributed by atoms with van der Waals surface area (Å²) in [6.07, 6.45) is 3.37. The third kappa shape index (κ3) is 4.91. The summed E-state index contributed by atoms with van der Waals surface area (Å²) in [5.41, 5.74) is 2.80. The second-order valence-electron chi connectivity index (χ2n) is 5.56. The van der Waals surface area contributed by atoms with E-state index in [1.807, 2.05) is 30.3 Å². The van der Waals surface area contributed by atoms with Crippen LogP contribution < -0.4 is 16.0 Å². The molecular formula is C20H18N4O2. The highest BCUT2D eigenvalue weighted by atomic mass is 16.2. The first-order valence-corrected chi connectivity index (χ1v) is 8.11. The monoisotopic (exact) mass is 346 g/mol. The fourth-order valence-corrected chi connectivity index (χ4v) is 2.30. The Balaban J connectivity index is 1.52. The molecular weight excluding hydrogens is 328 g/mol. The highest BCUT2D eigenvalue weighted by Crippen LogP contribution is 2.11. The molecule has 0 spiro atoms. The predicted octanol–water partition coefficient (Wildman–Crippen LogP) is 3.66. The first kappa shape index (κ1) is 17.2. The summed E-state index contributed by atoms with van der Waals surface area (Å²) in [4.78, 5) is 28.1. The number of carbonyl (C=O) groups excluding carboxylic acids is 2. The van der Waals surface area contributed by atoms with Gasteiger partial charge in [-0.2, -0.15) is 0 Å². The molecule has 6 nitrogen and oxygen atoms in total. The van der Waals surface area contributed by atoms with Crippen molar-refractivity contribution in [1.82, 2.24) is 10.3 Å². The summed E-state index contributed by atoms with van der Waals surface area (Å²) in [5, 5.41) is 8.30. The van der Waals surface area contributed by atoms with Gasteiger partial charge in [0.1, 0.15) is 0 Å². The van der Waals surface area contributed by atoms with Crippen LogP contribution in [0.4, 0.5) is 16.2 Å². The molecule has 1 heterocycles. The van der Waals surface area contributed by atoms with Crippen LogP contribution in [0.2, 0.25) is 0 Å². The van der Waals surface area contributed by atoms with E-state index in [1.54, 1.807) is 48.8 Å². The fraction of sp³-hybridized carbons (Fsp3) is 0.0500. The molecule has 0 bridgehead atoms. The summed E-state index contributed by atoms with van der Waals surface area (Å²) in [5.74, 6) is -0.179. The number of urea groups is 1. The van der Waals surface area contributed by atoms with Crippen molar-refractivity contribution in [2.45, 2.75) is 6.54 Å². The van der Waals surface area contributed by atoms with E-state index in [-0.39, 0.29) is 11.9 Å². The van der Waals surface area contributed by atoms with Crippen molar-refractivity contribution < 1.29 is 9.59 Å². The lowest BCUT2D eigenvalue weighted by molar-refractivity contribution is 0.0951. The van der Waals surface area contributed by atoms with Crippen LogP contribution in [0.15, 0.2) is 79.1 Å². The molecule has 0 aliphatic rings. The zero-order valence-electron chi connectivity index (χ0n) is 14.0. The molecule has 0 unspecified atom stereocenters. The van der Waals surface area contributed by atoms with Gasteiger partial charge in [0, 0.05) is 35.9 Å². The number of pyridine rings is 1. The van der Waals surface area contributed by atoms with E-state index in [2.05, 4.69) is 20.9 Å². The molecule has 6 heteroatoms. The summed E-state index contributed by atoms with van der Waals surface area (Å²) in [6.45, 7) is 0.431. The van der Waals surface area contributed by atoms with Crippen molar-refractivity contribution in [3.63, 3.8) is 0 Å². The number of amides is 3. The quantitative estimate of drug-likeness (QED) is 0.659. The number of hydrogen-bond acceptors (Lipinski definition) is 3. The number of para-hydroxylation sites is 1. The number of nitrogens with one attached hydrogen (secondary N) is 3. The van der Waals surface area contributed by atoms with Gasteiger partial charge in [-0.25, -0.2) is 4.79 Å². The van der Waals surface area contributed by atoms with Gasteiger partial charge in [-0.05, 0) is 54.1 Å². The van der Waals surface area contributed by atoms with E-state index in [0.717, 1.165) is 5.56 Å². The lowest BCUT2D eigenvalue weighted by Crippen LogP contribution is -2.23. The minimum absolute atomic E-state index is 0.179. The summed E-state index contributed by atoms with van der Waals surface area (Å²) in [7, 11) is 0. The first-order chi connectivity index (χ1) is 12.7. The maximum atomic E-state index is 12.2. The van der Waals surface area contributed by atoms with E-state index in [9.17, 15) is 9.59 Å². The van der Waals surface area contributed by atoms with E-state index < -0.39 is 0 Å². The maximum Gasteiger partial charge on any atom is 0.323 e. The Morgan fingerprint density at radius 1 is 0.769 bits per heavy atom. The second kappa shape index (κ2) is 8.43. The van der Waals surface area contributed by atoms with Crippen LogP contribution in [0.5, 0.6) is 0 Å².